The molecule has 112 valence electrons. The van der Waals surface area contributed by atoms with Gasteiger partial charge in [0, 0.05) is 6.42 Å². The van der Waals surface area contributed by atoms with Crippen LogP contribution in [0.4, 0.5) is 0 Å². The van der Waals surface area contributed by atoms with Crippen LogP contribution in [-0.4, -0.2) is 17.6 Å². The molecule has 4 heteroatoms. The number of nitrogens with two attached hydrogens (primary N) is 1. The molecule has 0 aliphatic heterocycles. The minimum atomic E-state index is 0.0648. The first-order valence-corrected chi connectivity index (χ1v) is 7.05. The van der Waals surface area contributed by atoms with Crippen molar-refractivity contribution in [2.45, 2.75) is 52.4 Å². The predicted molar refractivity (Wildman–Crippen MR) is 82.6 cm³/mol. The average Bonchev–Trinajstić information content (AvgIpc) is 2.38. The molecule has 0 spiro atoms. The lowest BCUT2D eigenvalue weighted by Gasteiger charge is -2.23. The van der Waals surface area contributed by atoms with E-state index in [4.69, 9.17) is 15.7 Å². The molecule has 1 rings (SSSR count). The zero-order valence-corrected chi connectivity index (χ0v) is 12.9. The van der Waals surface area contributed by atoms with Crippen LogP contribution in [0.1, 0.15) is 51.2 Å². The van der Waals surface area contributed by atoms with Gasteiger partial charge in [0.05, 0.1) is 6.61 Å². The Labute approximate surface area is 121 Å². The molecule has 0 amide bonds. The van der Waals surface area contributed by atoms with Gasteiger partial charge in [0.15, 0.2) is 0 Å². The Kier molecular flexibility index (Phi) is 5.86. The number of amidine groups is 1. The third kappa shape index (κ3) is 5.11. The highest BCUT2D eigenvalue weighted by Crippen LogP contribution is 2.32. The van der Waals surface area contributed by atoms with E-state index in [9.17, 15) is 0 Å². The number of aryl methyl sites for hydroxylation is 1. The lowest BCUT2D eigenvalue weighted by molar-refractivity contribution is 0.298. The van der Waals surface area contributed by atoms with Crippen molar-refractivity contribution in [3.05, 3.63) is 29.3 Å². The van der Waals surface area contributed by atoms with Crippen molar-refractivity contribution in [2.24, 2.45) is 10.9 Å². The highest BCUT2D eigenvalue weighted by atomic mass is 16.5. The summed E-state index contributed by atoms with van der Waals surface area (Å²) in [6.45, 7) is 9.30. The normalized spacial score (nSPS) is 12.5. The van der Waals surface area contributed by atoms with Gasteiger partial charge in [0.2, 0.25) is 0 Å². The molecule has 0 aliphatic rings. The van der Waals surface area contributed by atoms with Crippen molar-refractivity contribution in [3.63, 3.8) is 0 Å². The zero-order valence-electron chi connectivity index (χ0n) is 12.9. The maximum absolute atomic E-state index is 8.45. The Balaban J connectivity index is 2.56. The van der Waals surface area contributed by atoms with Crippen LogP contribution in [0.5, 0.6) is 5.75 Å². The topological polar surface area (TPSA) is 67.8 Å². The number of rotatable bonds is 6. The fourth-order valence-corrected chi connectivity index (χ4v) is 2.00. The van der Waals surface area contributed by atoms with Gasteiger partial charge in [-0.25, -0.2) is 0 Å². The van der Waals surface area contributed by atoms with Crippen molar-refractivity contribution in [2.75, 3.05) is 6.61 Å². The van der Waals surface area contributed by atoms with Gasteiger partial charge in [-0.1, -0.05) is 43.6 Å². The van der Waals surface area contributed by atoms with E-state index in [0.717, 1.165) is 18.6 Å². The van der Waals surface area contributed by atoms with E-state index >= 15 is 0 Å². The summed E-state index contributed by atoms with van der Waals surface area (Å²) in [4.78, 5) is 0. The average molecular weight is 278 g/mol. The number of nitrogens with zero attached hydrogens (tertiary/aromatic N) is 1. The standard InChI is InChI=1S/C16H26N2O2/c1-12-8-9-14(13(11-12)16(2,3)4)20-10-6-5-7-15(17)18-19/h8-9,11,19H,5-7,10H2,1-4H3,(H2,17,18). The summed E-state index contributed by atoms with van der Waals surface area (Å²) in [5.41, 5.74) is 7.96. The summed E-state index contributed by atoms with van der Waals surface area (Å²) in [7, 11) is 0. The summed E-state index contributed by atoms with van der Waals surface area (Å²) in [6.07, 6.45) is 2.33. The quantitative estimate of drug-likeness (QED) is 0.275. The van der Waals surface area contributed by atoms with Crippen molar-refractivity contribution in [1.29, 1.82) is 0 Å². The lowest BCUT2D eigenvalue weighted by atomic mass is 9.85. The van der Waals surface area contributed by atoms with Crippen LogP contribution in [0.25, 0.3) is 0 Å². The number of benzene rings is 1. The minimum Gasteiger partial charge on any atom is -0.493 e. The van der Waals surface area contributed by atoms with Gasteiger partial charge in [-0.05, 0) is 36.8 Å². The third-order valence-corrected chi connectivity index (χ3v) is 3.16. The molecule has 0 bridgehead atoms. The first kappa shape index (κ1) is 16.3. The van der Waals surface area contributed by atoms with E-state index < -0.39 is 0 Å². The van der Waals surface area contributed by atoms with Gasteiger partial charge in [0.1, 0.15) is 11.6 Å². The first-order valence-electron chi connectivity index (χ1n) is 7.05. The molecule has 0 saturated carbocycles. The molecule has 0 aliphatic carbocycles. The molecule has 0 atom stereocenters. The van der Waals surface area contributed by atoms with Crippen LogP contribution in [0.2, 0.25) is 0 Å². The second kappa shape index (κ2) is 7.17. The monoisotopic (exact) mass is 278 g/mol. The van der Waals surface area contributed by atoms with Crippen LogP contribution < -0.4 is 10.5 Å². The van der Waals surface area contributed by atoms with E-state index in [1.165, 1.54) is 11.1 Å². The van der Waals surface area contributed by atoms with Crippen LogP contribution in [0.15, 0.2) is 23.4 Å². The molecular formula is C16H26N2O2. The predicted octanol–water partition coefficient (Wildman–Crippen LogP) is 3.59. The summed E-state index contributed by atoms with van der Waals surface area (Å²) >= 11 is 0. The second-order valence-electron chi connectivity index (χ2n) is 6.15. The van der Waals surface area contributed by atoms with Crippen molar-refractivity contribution < 1.29 is 9.94 Å². The van der Waals surface area contributed by atoms with Gasteiger partial charge in [-0.15, -0.1) is 0 Å². The SMILES string of the molecule is Cc1ccc(OCCCCC(N)=NO)c(C(C)(C)C)c1. The van der Waals surface area contributed by atoms with E-state index in [1.807, 2.05) is 6.07 Å². The van der Waals surface area contributed by atoms with E-state index in [1.54, 1.807) is 0 Å². The molecule has 0 fully saturated rings. The Morgan fingerprint density at radius 1 is 1.30 bits per heavy atom. The van der Waals surface area contributed by atoms with Crippen molar-refractivity contribution >= 4 is 5.84 Å². The molecule has 1 aromatic carbocycles. The largest absolute Gasteiger partial charge is 0.493 e. The molecule has 0 heterocycles. The smallest absolute Gasteiger partial charge is 0.139 e. The molecule has 0 unspecified atom stereocenters. The Morgan fingerprint density at radius 3 is 2.60 bits per heavy atom. The lowest BCUT2D eigenvalue weighted by Crippen LogP contribution is -2.14. The van der Waals surface area contributed by atoms with Crippen LogP contribution in [-0.2, 0) is 5.41 Å². The minimum absolute atomic E-state index is 0.0648. The molecule has 20 heavy (non-hydrogen) atoms. The highest BCUT2D eigenvalue weighted by molar-refractivity contribution is 5.79. The van der Waals surface area contributed by atoms with Crippen molar-refractivity contribution in [1.82, 2.24) is 0 Å². The van der Waals surface area contributed by atoms with Crippen LogP contribution in [0.3, 0.4) is 0 Å². The Bertz CT molecular complexity index is 462. The van der Waals surface area contributed by atoms with Crippen LogP contribution in [0, 0.1) is 6.92 Å². The molecule has 0 saturated heterocycles. The summed E-state index contributed by atoms with van der Waals surface area (Å²) < 4.78 is 5.89. The Hall–Kier alpha value is -1.71. The zero-order chi connectivity index (χ0) is 15.2. The van der Waals surface area contributed by atoms with Crippen LogP contribution >= 0.6 is 0 Å². The first-order chi connectivity index (χ1) is 9.34. The van der Waals surface area contributed by atoms with Gasteiger partial charge < -0.3 is 15.7 Å². The third-order valence-electron chi connectivity index (χ3n) is 3.16. The van der Waals surface area contributed by atoms with Gasteiger partial charge in [-0.3, -0.25) is 0 Å². The maximum atomic E-state index is 8.45. The van der Waals surface area contributed by atoms with E-state index in [0.29, 0.717) is 13.0 Å². The number of ether oxygens (including phenoxy) is 1. The maximum Gasteiger partial charge on any atom is 0.139 e. The fourth-order valence-electron chi connectivity index (χ4n) is 2.00. The molecule has 1 aromatic rings. The second-order valence-corrected chi connectivity index (χ2v) is 6.15. The van der Waals surface area contributed by atoms with E-state index in [-0.39, 0.29) is 11.3 Å². The summed E-state index contributed by atoms with van der Waals surface area (Å²) in [5, 5.41) is 11.4. The van der Waals surface area contributed by atoms with Gasteiger partial charge in [0.25, 0.3) is 0 Å². The summed E-state index contributed by atoms with van der Waals surface area (Å²) in [6, 6.07) is 6.30. The molecule has 4 nitrogen and oxygen atoms in total. The van der Waals surface area contributed by atoms with E-state index in [2.05, 4.69) is 45.0 Å². The van der Waals surface area contributed by atoms with Gasteiger partial charge in [-0.2, -0.15) is 0 Å². The number of hydrogen-bond acceptors (Lipinski definition) is 3. The number of unbranched alkanes of at least 4 members (excludes halogenated alkanes) is 1. The molecule has 0 radical (unpaired) electrons. The summed E-state index contributed by atoms with van der Waals surface area (Å²) in [5.74, 6) is 1.22. The van der Waals surface area contributed by atoms with Gasteiger partial charge >= 0.3 is 0 Å². The fraction of sp³-hybridized carbons (Fsp3) is 0.562. The number of oxime groups is 1. The van der Waals surface area contributed by atoms with Crippen molar-refractivity contribution in [3.8, 4) is 5.75 Å². The number of hydrogen-bond donors (Lipinski definition) is 2. The molecular weight excluding hydrogens is 252 g/mol. The molecule has 0 aromatic heterocycles. The Morgan fingerprint density at radius 2 is 2.00 bits per heavy atom. The molecule has 3 N–H and O–H groups in total. The highest BCUT2D eigenvalue weighted by Gasteiger charge is 2.18.